The fourth-order valence-electron chi connectivity index (χ4n) is 5.50. The zero-order valence-corrected chi connectivity index (χ0v) is 21.6. The third-order valence-corrected chi connectivity index (χ3v) is 7.81. The van der Waals surface area contributed by atoms with Gasteiger partial charge in [-0.15, -0.1) is 0 Å². The van der Waals surface area contributed by atoms with Crippen LogP contribution in [0, 0.1) is 0 Å². The van der Waals surface area contributed by atoms with Gasteiger partial charge < -0.3 is 19.9 Å². The van der Waals surface area contributed by atoms with Gasteiger partial charge >= 0.3 is 12.3 Å². The minimum Gasteiger partial charge on any atom is -0.474 e. The van der Waals surface area contributed by atoms with E-state index in [1.54, 1.807) is 0 Å². The van der Waals surface area contributed by atoms with Gasteiger partial charge in [-0.2, -0.15) is 13.2 Å². The molecule has 15 heteroatoms. The van der Waals surface area contributed by atoms with E-state index in [4.69, 9.17) is 19.9 Å². The molecule has 3 unspecified atom stereocenters. The van der Waals surface area contributed by atoms with Crippen molar-refractivity contribution in [2.45, 2.75) is 74.8 Å². The number of carbonyl (C=O) groups excluding carboxylic acids is 2. The summed E-state index contributed by atoms with van der Waals surface area (Å²) < 4.78 is 84.5. The number of alkyl halides is 3. The number of nitrogens with zero attached hydrogens (tertiary/aromatic N) is 2. The van der Waals surface area contributed by atoms with Crippen LogP contribution in [0.1, 0.15) is 55.7 Å². The second kappa shape index (κ2) is 11.2. The van der Waals surface area contributed by atoms with Crippen LogP contribution in [0.25, 0.3) is 0 Å². The van der Waals surface area contributed by atoms with Crippen molar-refractivity contribution in [3.63, 3.8) is 0 Å². The molecule has 38 heavy (non-hydrogen) atoms. The summed E-state index contributed by atoms with van der Waals surface area (Å²) in [5, 5.41) is 0. The van der Waals surface area contributed by atoms with Gasteiger partial charge in [0, 0.05) is 30.5 Å². The summed E-state index contributed by atoms with van der Waals surface area (Å²) in [7, 11) is -3.67. The van der Waals surface area contributed by atoms with Crippen molar-refractivity contribution >= 4 is 22.0 Å². The third kappa shape index (κ3) is 6.86. The van der Waals surface area contributed by atoms with Gasteiger partial charge in [0.15, 0.2) is 0 Å². The first kappa shape index (κ1) is 28.4. The Labute approximate surface area is 218 Å². The largest absolute Gasteiger partial charge is 0.474 e. The smallest absolute Gasteiger partial charge is 0.418 e. The van der Waals surface area contributed by atoms with Crippen LogP contribution in [0.2, 0.25) is 0 Å². The van der Waals surface area contributed by atoms with Crippen molar-refractivity contribution in [3.05, 3.63) is 23.4 Å². The number of pyridine rings is 1. The minimum atomic E-state index is -4.57. The topological polar surface area (TPSA) is 150 Å². The second-order valence-electron chi connectivity index (χ2n) is 9.88. The van der Waals surface area contributed by atoms with E-state index < -0.39 is 57.8 Å². The molecule has 4 bridgehead atoms. The first-order valence-corrected chi connectivity index (χ1v) is 14.2. The number of hydrogen-bond acceptors (Lipinski definition) is 8. The van der Waals surface area contributed by atoms with Gasteiger partial charge in [-0.25, -0.2) is 22.9 Å². The van der Waals surface area contributed by atoms with E-state index in [9.17, 15) is 31.2 Å². The highest BCUT2D eigenvalue weighted by atomic mass is 32.2. The van der Waals surface area contributed by atoms with E-state index in [1.165, 1.54) is 4.90 Å². The molecule has 1 saturated heterocycles. The maximum Gasteiger partial charge on any atom is 0.418 e. The highest BCUT2D eigenvalue weighted by Crippen LogP contribution is 2.41. The summed E-state index contributed by atoms with van der Waals surface area (Å²) >= 11 is 0. The van der Waals surface area contributed by atoms with Crippen LogP contribution in [0.5, 0.6) is 5.88 Å². The molecular weight excluding hydrogens is 533 g/mol. The maximum absolute atomic E-state index is 13.7. The van der Waals surface area contributed by atoms with E-state index in [-0.39, 0.29) is 50.3 Å². The van der Waals surface area contributed by atoms with Gasteiger partial charge in [0.25, 0.3) is 0 Å². The van der Waals surface area contributed by atoms with E-state index in [2.05, 4.69) is 9.71 Å². The van der Waals surface area contributed by atoms with Crippen LogP contribution in [0.3, 0.4) is 0 Å². The number of aromatic nitrogens is 1. The van der Waals surface area contributed by atoms with Crippen LogP contribution in [0.15, 0.2) is 12.1 Å². The third-order valence-electron chi connectivity index (χ3n) is 7.08. The lowest BCUT2D eigenvalue weighted by molar-refractivity contribution is -0.139. The molecule has 1 aromatic heterocycles. The number of halogens is 3. The first-order valence-electron chi connectivity index (χ1n) is 12.3. The Hall–Kier alpha value is -2.65. The van der Waals surface area contributed by atoms with Gasteiger partial charge in [-0.1, -0.05) is 0 Å². The van der Waals surface area contributed by atoms with Crippen molar-refractivity contribution in [3.8, 4) is 5.88 Å². The summed E-state index contributed by atoms with van der Waals surface area (Å²) in [5.41, 5.74) is 4.50. The normalized spacial score (nSPS) is 28.9. The van der Waals surface area contributed by atoms with Crippen LogP contribution in [0.4, 0.5) is 18.0 Å². The summed E-state index contributed by atoms with van der Waals surface area (Å²) in [4.78, 5) is 30.3. The predicted molar refractivity (Wildman–Crippen MR) is 127 cm³/mol. The standard InChI is InChI=1S/C23H31F3N4O7S/c1-38(33,34)29-17-10-14(11-19(27)31)30-18(17)12-37-15-4-2-13(3-5-15)21-16(23(24,25)26)6-7-20(28-21)35-8-9-36-22(30)32/h6-7,13-15,17-18,29H,2-5,8-12H2,1H3,(H2,27,31). The molecule has 4 aliphatic rings. The number of nitrogens with one attached hydrogen (secondary N) is 1. The van der Waals surface area contributed by atoms with Crippen molar-refractivity contribution in [1.82, 2.24) is 14.6 Å². The van der Waals surface area contributed by atoms with E-state index in [1.807, 2.05) is 0 Å². The molecule has 11 nitrogen and oxygen atoms in total. The molecule has 4 heterocycles. The second-order valence-corrected chi connectivity index (χ2v) is 11.7. The molecule has 3 N–H and O–H groups in total. The number of carbonyl (C=O) groups is 2. The molecule has 212 valence electrons. The van der Waals surface area contributed by atoms with Crippen LogP contribution in [-0.4, -0.2) is 80.6 Å². The number of amides is 2. The number of sulfonamides is 1. The number of hydrogen-bond donors (Lipinski definition) is 2. The van der Waals surface area contributed by atoms with E-state index in [0.29, 0.717) is 25.7 Å². The Morgan fingerprint density at radius 1 is 1.18 bits per heavy atom. The van der Waals surface area contributed by atoms with Crippen LogP contribution >= 0.6 is 0 Å². The molecule has 1 saturated carbocycles. The van der Waals surface area contributed by atoms with Crippen LogP contribution < -0.4 is 15.2 Å². The molecule has 0 radical (unpaired) electrons. The summed E-state index contributed by atoms with van der Waals surface area (Å²) in [5.74, 6) is -1.12. The molecule has 3 atom stereocenters. The molecule has 1 aliphatic carbocycles. The number of primary amides is 1. The molecule has 2 amide bonds. The Kier molecular flexibility index (Phi) is 8.37. The van der Waals surface area contributed by atoms with Gasteiger partial charge in [-0.05, 0) is 38.2 Å². The molecule has 3 aliphatic heterocycles. The quantitative estimate of drug-likeness (QED) is 0.563. The Morgan fingerprint density at radius 2 is 1.87 bits per heavy atom. The van der Waals surface area contributed by atoms with Gasteiger partial charge in [0.2, 0.25) is 21.8 Å². The maximum atomic E-state index is 13.7. The molecule has 2 fully saturated rings. The van der Waals surface area contributed by atoms with Crippen LogP contribution in [-0.2, 0) is 30.5 Å². The lowest BCUT2D eigenvalue weighted by Gasteiger charge is -2.34. The highest BCUT2D eigenvalue weighted by molar-refractivity contribution is 7.88. The number of rotatable bonds is 4. The van der Waals surface area contributed by atoms with Crippen molar-refractivity contribution in [2.24, 2.45) is 5.73 Å². The lowest BCUT2D eigenvalue weighted by atomic mass is 9.83. The van der Waals surface area contributed by atoms with E-state index in [0.717, 1.165) is 18.4 Å². The van der Waals surface area contributed by atoms with Crippen molar-refractivity contribution in [1.29, 1.82) is 0 Å². The fraction of sp³-hybridized carbons (Fsp3) is 0.696. The summed E-state index contributed by atoms with van der Waals surface area (Å²) in [6.07, 6.45) is -3.11. The lowest BCUT2D eigenvalue weighted by Crippen LogP contribution is -2.51. The fourth-order valence-corrected chi connectivity index (χ4v) is 6.30. The van der Waals surface area contributed by atoms with Gasteiger partial charge in [0.1, 0.15) is 13.2 Å². The molecule has 0 spiro atoms. The molecule has 0 aromatic carbocycles. The Bertz CT molecular complexity index is 1140. The van der Waals surface area contributed by atoms with E-state index >= 15 is 0 Å². The average Bonchev–Trinajstić information content (AvgIpc) is 3.13. The SMILES string of the molecule is CS(=O)(=O)NC1CC(CC(N)=O)N2C(=O)OCCOc3ccc(C(F)(F)F)c(n3)C3CCC(CC3)OCC12. The molecule has 5 rings (SSSR count). The number of ether oxygens (including phenoxy) is 3. The van der Waals surface area contributed by atoms with Crippen molar-refractivity contribution in [2.75, 3.05) is 26.1 Å². The highest BCUT2D eigenvalue weighted by Gasteiger charge is 2.47. The van der Waals surface area contributed by atoms with Gasteiger partial charge in [-0.3, -0.25) is 9.69 Å². The average molecular weight is 565 g/mol. The van der Waals surface area contributed by atoms with Crippen molar-refractivity contribution < 1.29 is 45.4 Å². The van der Waals surface area contributed by atoms with Gasteiger partial charge in [0.05, 0.1) is 36.3 Å². The number of fused-ring (bicyclic) bond motifs is 7. The molecule has 1 aromatic rings. The summed E-state index contributed by atoms with van der Waals surface area (Å²) in [6.45, 7) is -0.512. The summed E-state index contributed by atoms with van der Waals surface area (Å²) in [6, 6.07) is -0.186. The number of nitrogens with two attached hydrogens (primary N) is 1. The minimum absolute atomic E-state index is 0.0161. The Balaban J connectivity index is 1.61. The zero-order chi connectivity index (χ0) is 27.7. The predicted octanol–water partition coefficient (Wildman–Crippen LogP) is 1.91. The monoisotopic (exact) mass is 564 g/mol. The first-order chi connectivity index (χ1) is 17.8. The molecular formula is C23H31F3N4O7S. The Morgan fingerprint density at radius 3 is 2.50 bits per heavy atom. The zero-order valence-electron chi connectivity index (χ0n) is 20.8.